The molecule has 0 aromatic carbocycles. The van der Waals surface area contributed by atoms with Crippen molar-refractivity contribution in [2.24, 2.45) is 5.73 Å². The number of hydrogen-bond donors (Lipinski definition) is 2. The number of hydrogen-bond acceptors (Lipinski definition) is 6. The van der Waals surface area contributed by atoms with E-state index in [0.717, 1.165) is 0 Å². The van der Waals surface area contributed by atoms with Crippen LogP contribution < -0.4 is 11.1 Å². The number of nitrogens with zero attached hydrogens (tertiary/aromatic N) is 2. The van der Waals surface area contributed by atoms with Crippen molar-refractivity contribution in [3.8, 4) is 0 Å². The molecule has 10 nitrogen and oxygen atoms in total. The maximum absolute atomic E-state index is 10.5. The van der Waals surface area contributed by atoms with Crippen molar-refractivity contribution in [3.05, 3.63) is 20.2 Å². The van der Waals surface area contributed by atoms with Crippen molar-refractivity contribution in [1.29, 1.82) is 0 Å². The summed E-state index contributed by atoms with van der Waals surface area (Å²) in [5.74, 6) is -1.68. The van der Waals surface area contributed by atoms with Crippen molar-refractivity contribution < 1.29 is 19.4 Å². The molecule has 0 aromatic rings. The van der Waals surface area contributed by atoms with Gasteiger partial charge in [-0.2, -0.15) is 0 Å². The van der Waals surface area contributed by atoms with E-state index in [0.29, 0.717) is 0 Å². The summed E-state index contributed by atoms with van der Waals surface area (Å²) in [6.45, 7) is 0. The third-order valence-electron chi connectivity index (χ3n) is 0.880. The average molecular weight is 231 g/mol. The first-order chi connectivity index (χ1) is 5.86. The minimum atomic E-state index is -2.72. The molecule has 0 bridgehead atoms. The molecule has 0 rings (SSSR count). The SMILES string of the molecule is NC(=O)NC(=O)C([N+](=O)[O-])[N+](=O)[O-].[K]. The van der Waals surface area contributed by atoms with Gasteiger partial charge in [-0.1, -0.05) is 0 Å². The zero-order valence-electron chi connectivity index (χ0n) is 7.00. The van der Waals surface area contributed by atoms with E-state index in [9.17, 15) is 29.8 Å². The van der Waals surface area contributed by atoms with Gasteiger partial charge in [0.25, 0.3) is 0 Å². The number of amides is 3. The van der Waals surface area contributed by atoms with Crippen LogP contribution in [0.2, 0.25) is 0 Å². The Morgan fingerprint density at radius 3 is 1.79 bits per heavy atom. The summed E-state index contributed by atoms with van der Waals surface area (Å²) in [5.41, 5.74) is 4.42. The second-order valence-corrected chi connectivity index (χ2v) is 1.80. The van der Waals surface area contributed by atoms with Crippen LogP contribution in [0.1, 0.15) is 0 Å². The van der Waals surface area contributed by atoms with Gasteiger partial charge in [0.1, 0.15) is 9.85 Å². The van der Waals surface area contributed by atoms with E-state index in [1.165, 1.54) is 5.32 Å². The molecule has 0 spiro atoms. The number of imide groups is 1. The minimum Gasteiger partial charge on any atom is -0.351 e. The second-order valence-electron chi connectivity index (χ2n) is 1.80. The summed E-state index contributed by atoms with van der Waals surface area (Å²) < 4.78 is 0. The molecular formula is C3H4KN4O6. The monoisotopic (exact) mass is 231 g/mol. The molecule has 0 aromatic heterocycles. The number of carbonyl (C=O) groups is 2. The molecular weight excluding hydrogens is 227 g/mol. The molecule has 73 valence electrons. The van der Waals surface area contributed by atoms with Gasteiger partial charge in [-0.15, -0.1) is 0 Å². The Bertz CT molecular complexity index is 264. The number of urea groups is 1. The molecule has 0 heterocycles. The molecule has 0 unspecified atom stereocenters. The molecule has 0 atom stereocenters. The predicted molar refractivity (Wildman–Crippen MR) is 41.3 cm³/mol. The maximum Gasteiger partial charge on any atom is 0.527 e. The zero-order valence-corrected chi connectivity index (χ0v) is 10.1. The topological polar surface area (TPSA) is 158 Å². The standard InChI is InChI=1S/C3H4N4O6.K/c4-3(9)5-1(8)2(6(10)11)7(12)13;/h2H,(H3,4,5,8,9);. The van der Waals surface area contributed by atoms with Crippen LogP contribution in [0.5, 0.6) is 0 Å². The molecule has 0 saturated heterocycles. The Labute approximate surface area is 119 Å². The normalized spacial score (nSPS) is 8.64. The number of nitrogens with two attached hydrogens (primary N) is 1. The summed E-state index contributed by atoms with van der Waals surface area (Å²) in [7, 11) is 0. The van der Waals surface area contributed by atoms with Crippen molar-refractivity contribution in [2.45, 2.75) is 6.17 Å². The summed E-state index contributed by atoms with van der Waals surface area (Å²) in [6.07, 6.45) is -2.72. The fourth-order valence-electron chi connectivity index (χ4n) is 0.454. The molecule has 3 N–H and O–H groups in total. The maximum atomic E-state index is 10.5. The van der Waals surface area contributed by atoms with E-state index >= 15 is 0 Å². The van der Waals surface area contributed by atoms with Gasteiger partial charge < -0.3 is 5.73 Å². The predicted octanol–water partition coefficient (Wildman–Crippen LogP) is -2.32. The van der Waals surface area contributed by atoms with Crippen molar-refractivity contribution in [3.63, 3.8) is 0 Å². The van der Waals surface area contributed by atoms with Crippen LogP contribution in [0.4, 0.5) is 4.79 Å². The van der Waals surface area contributed by atoms with Gasteiger partial charge in [-0.3, -0.25) is 30.3 Å². The molecule has 0 aliphatic rings. The second kappa shape index (κ2) is 6.77. The Morgan fingerprint density at radius 1 is 1.21 bits per heavy atom. The van der Waals surface area contributed by atoms with E-state index < -0.39 is 28.0 Å². The minimum absolute atomic E-state index is 0. The Hall–Kier alpha value is -0.624. The van der Waals surface area contributed by atoms with E-state index in [-0.39, 0.29) is 51.4 Å². The first kappa shape index (κ1) is 15.8. The first-order valence-corrected chi connectivity index (χ1v) is 2.73. The fourth-order valence-corrected chi connectivity index (χ4v) is 0.454. The third-order valence-corrected chi connectivity index (χ3v) is 0.880. The van der Waals surface area contributed by atoms with Gasteiger partial charge in [0.05, 0.1) is 0 Å². The summed E-state index contributed by atoms with van der Waals surface area (Å²) in [6, 6.07) is -1.39. The largest absolute Gasteiger partial charge is 0.527 e. The first-order valence-electron chi connectivity index (χ1n) is 2.73. The molecule has 0 aliphatic heterocycles. The Balaban J connectivity index is 0. The van der Waals surface area contributed by atoms with E-state index in [2.05, 4.69) is 5.73 Å². The Kier molecular flexibility index (Phi) is 7.66. The smallest absolute Gasteiger partial charge is 0.351 e. The molecule has 3 amide bonds. The average Bonchev–Trinajstić information content (AvgIpc) is 1.81. The van der Waals surface area contributed by atoms with Crippen molar-refractivity contribution >= 4 is 63.3 Å². The third kappa shape index (κ3) is 5.18. The summed E-state index contributed by atoms with van der Waals surface area (Å²) >= 11 is 0. The number of primary amides is 1. The van der Waals surface area contributed by atoms with Crippen LogP contribution in [0.3, 0.4) is 0 Å². The Morgan fingerprint density at radius 2 is 1.57 bits per heavy atom. The number of carbonyl (C=O) groups excluding carboxylic acids is 2. The van der Waals surface area contributed by atoms with E-state index in [1.807, 2.05) is 0 Å². The molecule has 0 saturated carbocycles. The summed E-state index contributed by atoms with van der Waals surface area (Å²) in [4.78, 5) is 37.5. The van der Waals surface area contributed by atoms with Crippen LogP contribution in [-0.2, 0) is 4.79 Å². The molecule has 11 heteroatoms. The van der Waals surface area contributed by atoms with E-state index in [4.69, 9.17) is 0 Å². The van der Waals surface area contributed by atoms with Gasteiger partial charge in [0, 0.05) is 51.4 Å². The molecule has 14 heavy (non-hydrogen) atoms. The van der Waals surface area contributed by atoms with Gasteiger partial charge in [-0.25, -0.2) is 4.79 Å². The van der Waals surface area contributed by atoms with Crippen LogP contribution in [-0.4, -0.2) is 79.3 Å². The van der Waals surface area contributed by atoms with Gasteiger partial charge in [0.15, 0.2) is 0 Å². The van der Waals surface area contributed by atoms with Crippen molar-refractivity contribution in [1.82, 2.24) is 5.32 Å². The molecule has 0 fully saturated rings. The van der Waals surface area contributed by atoms with Gasteiger partial charge in [-0.05, 0) is 0 Å². The molecule has 1 radical (unpaired) electrons. The van der Waals surface area contributed by atoms with Crippen molar-refractivity contribution in [2.75, 3.05) is 0 Å². The molecule has 0 aliphatic carbocycles. The quantitative estimate of drug-likeness (QED) is 0.240. The van der Waals surface area contributed by atoms with Gasteiger partial charge in [0.2, 0.25) is 0 Å². The van der Waals surface area contributed by atoms with Crippen LogP contribution in [0.25, 0.3) is 0 Å². The van der Waals surface area contributed by atoms with Gasteiger partial charge >= 0.3 is 18.1 Å². The number of nitro groups is 2. The van der Waals surface area contributed by atoms with Crippen LogP contribution >= 0.6 is 0 Å². The van der Waals surface area contributed by atoms with Crippen LogP contribution in [0, 0.1) is 20.2 Å². The zero-order chi connectivity index (χ0) is 10.6. The number of nitrogens with one attached hydrogen (secondary N) is 1. The fraction of sp³-hybridized carbons (Fsp3) is 0.333. The van der Waals surface area contributed by atoms with E-state index in [1.54, 1.807) is 0 Å². The van der Waals surface area contributed by atoms with Crippen LogP contribution in [0.15, 0.2) is 0 Å². The summed E-state index contributed by atoms with van der Waals surface area (Å²) in [5, 5.41) is 21.1. The number of rotatable bonds is 3.